The van der Waals surface area contributed by atoms with Crippen molar-refractivity contribution in [3.8, 4) is 11.5 Å². The quantitative estimate of drug-likeness (QED) is 0.790. The second-order valence-electron chi connectivity index (χ2n) is 5.33. The maximum absolute atomic E-state index is 12.6. The average molecular weight is 294 g/mol. The first-order valence-electron chi connectivity index (χ1n) is 7.43. The second kappa shape index (κ2) is 6.02. The Labute approximate surface area is 129 Å². The van der Waals surface area contributed by atoms with Crippen LogP contribution in [0.15, 0.2) is 53.1 Å². The van der Waals surface area contributed by atoms with Gasteiger partial charge in [-0.15, -0.1) is 0 Å². The van der Waals surface area contributed by atoms with Crippen LogP contribution in [0.4, 0.5) is 0 Å². The molecule has 22 heavy (non-hydrogen) atoms. The van der Waals surface area contributed by atoms with Crippen molar-refractivity contribution in [2.75, 3.05) is 0 Å². The summed E-state index contributed by atoms with van der Waals surface area (Å²) < 4.78 is 5.41. The van der Waals surface area contributed by atoms with Gasteiger partial charge in [-0.1, -0.05) is 25.1 Å². The fraction of sp³-hybridized carbons (Fsp3) is 0.222. The van der Waals surface area contributed by atoms with Crippen LogP contribution < -0.4 is 5.32 Å². The van der Waals surface area contributed by atoms with Gasteiger partial charge in [-0.05, 0) is 37.6 Å². The number of para-hydroxylation sites is 1. The Bertz CT molecular complexity index is 794. The lowest BCUT2D eigenvalue weighted by Gasteiger charge is -2.13. The second-order valence-corrected chi connectivity index (χ2v) is 5.33. The molecular formula is C18H18N2O2. The Kier molecular flexibility index (Phi) is 3.92. The standard InChI is InChI=1S/C18H18N2O2/c1-3-12(2)19-18(21)14-11-16(17-9-6-10-22-17)20-15-8-5-4-7-13(14)15/h4-12H,3H2,1-2H3,(H,19,21)/t12-/m0/s1. The van der Waals surface area contributed by atoms with Crippen LogP contribution in [-0.4, -0.2) is 16.9 Å². The van der Waals surface area contributed by atoms with Crippen molar-refractivity contribution in [1.82, 2.24) is 10.3 Å². The molecule has 4 heteroatoms. The van der Waals surface area contributed by atoms with Crippen molar-refractivity contribution >= 4 is 16.8 Å². The van der Waals surface area contributed by atoms with Crippen molar-refractivity contribution in [3.05, 3.63) is 54.3 Å². The third kappa shape index (κ3) is 2.72. The molecule has 2 heterocycles. The number of nitrogens with one attached hydrogen (secondary N) is 1. The largest absolute Gasteiger partial charge is 0.463 e. The lowest BCUT2D eigenvalue weighted by molar-refractivity contribution is 0.0941. The summed E-state index contributed by atoms with van der Waals surface area (Å²) in [6, 6.07) is 13.2. The van der Waals surface area contributed by atoms with Crippen molar-refractivity contribution < 1.29 is 9.21 Å². The maximum atomic E-state index is 12.6. The van der Waals surface area contributed by atoms with E-state index in [4.69, 9.17) is 4.42 Å². The normalized spacial score (nSPS) is 12.3. The molecule has 112 valence electrons. The van der Waals surface area contributed by atoms with E-state index in [0.717, 1.165) is 17.3 Å². The number of hydrogen-bond acceptors (Lipinski definition) is 3. The average Bonchev–Trinajstić information content (AvgIpc) is 3.08. The van der Waals surface area contributed by atoms with Crippen LogP contribution in [0.1, 0.15) is 30.6 Å². The molecule has 0 saturated carbocycles. The van der Waals surface area contributed by atoms with Crippen LogP contribution in [0.2, 0.25) is 0 Å². The Morgan fingerprint density at radius 3 is 2.82 bits per heavy atom. The molecule has 0 radical (unpaired) electrons. The van der Waals surface area contributed by atoms with Crippen LogP contribution in [-0.2, 0) is 0 Å². The molecule has 1 amide bonds. The van der Waals surface area contributed by atoms with E-state index in [-0.39, 0.29) is 11.9 Å². The minimum atomic E-state index is -0.0826. The number of carbonyl (C=O) groups is 1. The maximum Gasteiger partial charge on any atom is 0.252 e. The van der Waals surface area contributed by atoms with Crippen LogP contribution in [0.5, 0.6) is 0 Å². The fourth-order valence-corrected chi connectivity index (χ4v) is 2.32. The summed E-state index contributed by atoms with van der Waals surface area (Å²) in [7, 11) is 0. The van der Waals surface area contributed by atoms with Gasteiger partial charge < -0.3 is 9.73 Å². The molecule has 1 atom stereocenters. The van der Waals surface area contributed by atoms with Gasteiger partial charge in [0.1, 0.15) is 5.69 Å². The third-order valence-electron chi connectivity index (χ3n) is 3.72. The van der Waals surface area contributed by atoms with Crippen LogP contribution in [0.3, 0.4) is 0 Å². The number of carbonyl (C=O) groups excluding carboxylic acids is 1. The van der Waals surface area contributed by atoms with Gasteiger partial charge in [0.2, 0.25) is 0 Å². The molecule has 4 nitrogen and oxygen atoms in total. The fourth-order valence-electron chi connectivity index (χ4n) is 2.32. The van der Waals surface area contributed by atoms with E-state index in [1.165, 1.54) is 0 Å². The number of nitrogens with zero attached hydrogens (tertiary/aromatic N) is 1. The highest BCUT2D eigenvalue weighted by molar-refractivity contribution is 6.07. The van der Waals surface area contributed by atoms with Crippen molar-refractivity contribution in [1.29, 1.82) is 0 Å². The monoisotopic (exact) mass is 294 g/mol. The van der Waals surface area contributed by atoms with E-state index in [0.29, 0.717) is 17.0 Å². The summed E-state index contributed by atoms with van der Waals surface area (Å²) in [5.74, 6) is 0.573. The molecule has 0 saturated heterocycles. The van der Waals surface area contributed by atoms with Crippen molar-refractivity contribution in [2.45, 2.75) is 26.3 Å². The third-order valence-corrected chi connectivity index (χ3v) is 3.72. The SMILES string of the molecule is CC[C@H](C)NC(=O)c1cc(-c2ccco2)nc2ccccc12. The number of rotatable bonds is 4. The zero-order valence-electron chi connectivity index (χ0n) is 12.7. The van der Waals surface area contributed by atoms with E-state index < -0.39 is 0 Å². The number of pyridine rings is 1. The van der Waals surface area contributed by atoms with Crippen molar-refractivity contribution in [2.24, 2.45) is 0 Å². The summed E-state index contributed by atoms with van der Waals surface area (Å²) in [5.41, 5.74) is 2.07. The summed E-state index contributed by atoms with van der Waals surface area (Å²) in [6.45, 7) is 4.04. The lowest BCUT2D eigenvalue weighted by atomic mass is 10.1. The summed E-state index contributed by atoms with van der Waals surface area (Å²) in [4.78, 5) is 17.2. The molecule has 1 aromatic carbocycles. The topological polar surface area (TPSA) is 55.1 Å². The molecule has 0 aliphatic carbocycles. The molecule has 3 rings (SSSR count). The predicted molar refractivity (Wildman–Crippen MR) is 86.7 cm³/mol. The molecule has 0 fully saturated rings. The van der Waals surface area contributed by atoms with Gasteiger partial charge in [-0.2, -0.15) is 0 Å². The van der Waals surface area contributed by atoms with E-state index in [2.05, 4.69) is 10.3 Å². The zero-order valence-corrected chi connectivity index (χ0v) is 12.7. The number of amides is 1. The Hall–Kier alpha value is -2.62. The predicted octanol–water partition coefficient (Wildman–Crippen LogP) is 4.02. The van der Waals surface area contributed by atoms with E-state index in [1.807, 2.05) is 50.2 Å². The zero-order chi connectivity index (χ0) is 15.5. The molecule has 0 unspecified atom stereocenters. The number of furan rings is 1. The summed E-state index contributed by atoms with van der Waals surface area (Å²) in [6.07, 6.45) is 2.49. The Morgan fingerprint density at radius 1 is 1.27 bits per heavy atom. The van der Waals surface area contributed by atoms with Gasteiger partial charge in [0.05, 0.1) is 17.3 Å². The van der Waals surface area contributed by atoms with Gasteiger partial charge in [0.15, 0.2) is 5.76 Å². The molecule has 1 N–H and O–H groups in total. The molecule has 0 aliphatic heterocycles. The molecule has 2 aromatic heterocycles. The Balaban J connectivity index is 2.12. The van der Waals surface area contributed by atoms with Crippen LogP contribution >= 0.6 is 0 Å². The molecule has 3 aromatic rings. The van der Waals surface area contributed by atoms with Crippen molar-refractivity contribution in [3.63, 3.8) is 0 Å². The Morgan fingerprint density at radius 2 is 2.09 bits per heavy atom. The number of hydrogen-bond donors (Lipinski definition) is 1. The first-order valence-corrected chi connectivity index (χ1v) is 7.43. The number of fused-ring (bicyclic) bond motifs is 1. The first-order chi connectivity index (χ1) is 10.7. The highest BCUT2D eigenvalue weighted by Crippen LogP contribution is 2.25. The summed E-state index contributed by atoms with van der Waals surface area (Å²) >= 11 is 0. The molecule has 0 bridgehead atoms. The van der Waals surface area contributed by atoms with Crippen LogP contribution in [0, 0.1) is 0 Å². The van der Waals surface area contributed by atoms with Crippen LogP contribution in [0.25, 0.3) is 22.4 Å². The number of benzene rings is 1. The minimum Gasteiger partial charge on any atom is -0.463 e. The van der Waals surface area contributed by atoms with Gasteiger partial charge in [-0.25, -0.2) is 4.98 Å². The molecule has 0 aliphatic rings. The van der Waals surface area contributed by atoms with Gasteiger partial charge in [0, 0.05) is 11.4 Å². The van der Waals surface area contributed by atoms with Gasteiger partial charge in [0.25, 0.3) is 5.91 Å². The van der Waals surface area contributed by atoms with Gasteiger partial charge >= 0.3 is 0 Å². The van der Waals surface area contributed by atoms with E-state index >= 15 is 0 Å². The van der Waals surface area contributed by atoms with E-state index in [9.17, 15) is 4.79 Å². The highest BCUT2D eigenvalue weighted by atomic mass is 16.3. The first kappa shape index (κ1) is 14.3. The molecular weight excluding hydrogens is 276 g/mol. The molecule has 0 spiro atoms. The smallest absolute Gasteiger partial charge is 0.252 e. The highest BCUT2D eigenvalue weighted by Gasteiger charge is 2.15. The summed E-state index contributed by atoms with van der Waals surface area (Å²) in [5, 5.41) is 3.86. The van der Waals surface area contributed by atoms with Gasteiger partial charge in [-0.3, -0.25) is 4.79 Å². The lowest BCUT2D eigenvalue weighted by Crippen LogP contribution is -2.32. The number of aromatic nitrogens is 1. The van der Waals surface area contributed by atoms with E-state index in [1.54, 1.807) is 12.3 Å². The minimum absolute atomic E-state index is 0.0826.